The number of allylic oxidation sites excluding steroid dienone is 1. The molecule has 7 nitrogen and oxygen atoms in total. The Kier molecular flexibility index (Phi) is 6.66. The van der Waals surface area contributed by atoms with Crippen LogP contribution in [0.4, 0.5) is 0 Å². The minimum Gasteiger partial charge on any atom is -0.396 e. The molecule has 0 aromatic heterocycles. The Hall–Kier alpha value is -0.830. The zero-order valence-corrected chi connectivity index (χ0v) is 21.1. The van der Waals surface area contributed by atoms with Gasteiger partial charge in [-0.3, -0.25) is 4.79 Å². The standard InChI is InChI=1S/C27H44O7/c1-15(14-28)5-6-23(32)26(4,33)22-8-10-27(34)17-11-19(29)18-12-20(30)21(31)13-24(18,2)16(17)7-9-25(22,27)3/h11,15-16,18,20-23,28,30-34H,5-10,12-14H2,1-4H3/t15-,16+,18-,20+,21-,22+,23-,24+,25+,26+,27-/m0/s1. The van der Waals surface area contributed by atoms with Gasteiger partial charge in [0.25, 0.3) is 0 Å². The molecule has 7 heteroatoms. The van der Waals surface area contributed by atoms with Gasteiger partial charge >= 0.3 is 0 Å². The summed E-state index contributed by atoms with van der Waals surface area (Å²) < 4.78 is 0. The van der Waals surface area contributed by atoms with Crippen molar-refractivity contribution in [2.75, 3.05) is 6.61 Å². The molecule has 11 atom stereocenters. The van der Waals surface area contributed by atoms with Crippen molar-refractivity contribution in [2.45, 2.75) is 109 Å². The third-order valence-electron chi connectivity index (χ3n) is 10.7. The number of fused-ring (bicyclic) bond motifs is 5. The lowest BCUT2D eigenvalue weighted by Gasteiger charge is -2.60. The second-order valence-electron chi connectivity index (χ2n) is 12.7. The monoisotopic (exact) mass is 480 g/mol. The molecule has 0 aromatic carbocycles. The zero-order chi connectivity index (χ0) is 25.3. The van der Waals surface area contributed by atoms with E-state index in [1.807, 2.05) is 20.8 Å². The first-order chi connectivity index (χ1) is 15.7. The van der Waals surface area contributed by atoms with Gasteiger partial charge in [0.05, 0.1) is 29.5 Å². The number of carbonyl (C=O) groups is 1. The lowest BCUT2D eigenvalue weighted by Crippen LogP contribution is -2.62. The molecule has 4 aliphatic carbocycles. The van der Waals surface area contributed by atoms with E-state index in [2.05, 4.69) is 0 Å². The highest BCUT2D eigenvalue weighted by molar-refractivity contribution is 5.95. The summed E-state index contributed by atoms with van der Waals surface area (Å²) in [4.78, 5) is 13.3. The molecule has 0 saturated heterocycles. The van der Waals surface area contributed by atoms with Crippen molar-refractivity contribution in [1.82, 2.24) is 0 Å². The van der Waals surface area contributed by atoms with Gasteiger partial charge in [0.1, 0.15) is 0 Å². The number of aliphatic hydroxyl groups excluding tert-OH is 4. The van der Waals surface area contributed by atoms with E-state index < -0.39 is 40.3 Å². The first-order valence-electron chi connectivity index (χ1n) is 13.1. The minimum atomic E-state index is -1.42. The van der Waals surface area contributed by atoms with Gasteiger partial charge in [-0.05, 0) is 93.1 Å². The number of hydrogen-bond donors (Lipinski definition) is 6. The summed E-state index contributed by atoms with van der Waals surface area (Å²) in [5, 5.41) is 64.7. The van der Waals surface area contributed by atoms with Crippen molar-refractivity contribution in [3.63, 3.8) is 0 Å². The van der Waals surface area contributed by atoms with Gasteiger partial charge in [-0.25, -0.2) is 0 Å². The van der Waals surface area contributed by atoms with E-state index in [0.717, 1.165) is 12.0 Å². The number of aliphatic hydroxyl groups is 6. The Morgan fingerprint density at radius 2 is 1.79 bits per heavy atom. The van der Waals surface area contributed by atoms with Gasteiger partial charge in [-0.1, -0.05) is 20.8 Å². The molecule has 0 heterocycles. The van der Waals surface area contributed by atoms with Crippen LogP contribution in [-0.4, -0.2) is 72.5 Å². The molecule has 0 amide bonds. The van der Waals surface area contributed by atoms with Gasteiger partial charge in [0.2, 0.25) is 0 Å². The fourth-order valence-electron chi connectivity index (χ4n) is 8.37. The van der Waals surface area contributed by atoms with Crippen LogP contribution in [0.1, 0.15) is 79.1 Å². The SMILES string of the molecule is C[C@H](CO)CC[C@H](O)[C@](C)(O)[C@@H]1CC[C@]2(O)C3=CC(=O)[C@@H]4C[C@@H](O)[C@@H](O)C[C@]4(C)[C@@H]3CC[C@]12C. The van der Waals surface area contributed by atoms with E-state index in [9.17, 15) is 35.4 Å². The lowest BCUT2D eigenvalue weighted by molar-refractivity contribution is -0.176. The van der Waals surface area contributed by atoms with Crippen LogP contribution in [0.2, 0.25) is 0 Å². The molecule has 0 aromatic rings. The highest BCUT2D eigenvalue weighted by Gasteiger charge is 2.69. The van der Waals surface area contributed by atoms with Crippen LogP contribution in [-0.2, 0) is 4.79 Å². The Labute approximate surface area is 202 Å². The molecule has 0 radical (unpaired) electrons. The minimum absolute atomic E-state index is 0.0326. The van der Waals surface area contributed by atoms with Crippen molar-refractivity contribution >= 4 is 5.78 Å². The number of carbonyl (C=O) groups excluding carboxylic acids is 1. The van der Waals surface area contributed by atoms with Gasteiger partial charge in [-0.15, -0.1) is 0 Å². The van der Waals surface area contributed by atoms with Crippen LogP contribution in [0, 0.1) is 34.5 Å². The lowest BCUT2D eigenvalue weighted by atomic mass is 9.45. The summed E-state index contributed by atoms with van der Waals surface area (Å²) in [5.74, 6) is -0.859. The third kappa shape index (κ3) is 3.65. The Morgan fingerprint density at radius 3 is 2.44 bits per heavy atom. The largest absolute Gasteiger partial charge is 0.396 e. The zero-order valence-electron chi connectivity index (χ0n) is 21.1. The Bertz CT molecular complexity index is 839. The predicted molar refractivity (Wildman–Crippen MR) is 127 cm³/mol. The quantitative estimate of drug-likeness (QED) is 0.340. The maximum Gasteiger partial charge on any atom is 0.159 e. The molecule has 4 aliphatic rings. The van der Waals surface area contributed by atoms with E-state index in [0.29, 0.717) is 38.5 Å². The molecule has 3 saturated carbocycles. The summed E-state index contributed by atoms with van der Waals surface area (Å²) in [6, 6.07) is 0. The fourth-order valence-corrected chi connectivity index (χ4v) is 8.37. The van der Waals surface area contributed by atoms with Gasteiger partial charge < -0.3 is 30.6 Å². The van der Waals surface area contributed by atoms with Crippen LogP contribution in [0.5, 0.6) is 0 Å². The van der Waals surface area contributed by atoms with Crippen molar-refractivity contribution in [3.05, 3.63) is 11.6 Å². The van der Waals surface area contributed by atoms with Gasteiger partial charge in [-0.2, -0.15) is 0 Å². The fraction of sp³-hybridized carbons (Fsp3) is 0.889. The van der Waals surface area contributed by atoms with E-state index >= 15 is 0 Å². The van der Waals surface area contributed by atoms with E-state index in [4.69, 9.17) is 0 Å². The average Bonchev–Trinajstić information content (AvgIpc) is 3.06. The van der Waals surface area contributed by atoms with E-state index in [1.165, 1.54) is 0 Å². The second-order valence-corrected chi connectivity index (χ2v) is 12.7. The summed E-state index contributed by atoms with van der Waals surface area (Å²) in [6.45, 7) is 7.59. The Morgan fingerprint density at radius 1 is 1.12 bits per heavy atom. The van der Waals surface area contributed by atoms with Gasteiger partial charge in [0.15, 0.2) is 5.78 Å². The van der Waals surface area contributed by atoms with Crippen LogP contribution < -0.4 is 0 Å². The summed E-state index contributed by atoms with van der Waals surface area (Å²) in [5.41, 5.74) is -3.21. The van der Waals surface area contributed by atoms with Crippen molar-refractivity contribution < 1.29 is 35.4 Å². The number of rotatable bonds is 6. The van der Waals surface area contributed by atoms with Crippen LogP contribution in [0.15, 0.2) is 11.6 Å². The molecular weight excluding hydrogens is 436 g/mol. The van der Waals surface area contributed by atoms with Crippen LogP contribution >= 0.6 is 0 Å². The smallest absolute Gasteiger partial charge is 0.159 e. The second kappa shape index (κ2) is 8.63. The molecule has 0 bridgehead atoms. The highest BCUT2D eigenvalue weighted by atomic mass is 16.3. The van der Waals surface area contributed by atoms with Gasteiger partial charge in [0, 0.05) is 17.9 Å². The Balaban J connectivity index is 1.65. The van der Waals surface area contributed by atoms with Crippen LogP contribution in [0.3, 0.4) is 0 Å². The van der Waals surface area contributed by atoms with Crippen LogP contribution in [0.25, 0.3) is 0 Å². The normalized spacial score (nSPS) is 47.6. The predicted octanol–water partition coefficient (Wildman–Crippen LogP) is 1.71. The first kappa shape index (κ1) is 26.2. The number of hydrogen-bond acceptors (Lipinski definition) is 7. The number of ketones is 1. The molecule has 0 aliphatic heterocycles. The highest BCUT2D eigenvalue weighted by Crippen LogP contribution is 2.68. The molecule has 34 heavy (non-hydrogen) atoms. The maximum absolute atomic E-state index is 13.3. The topological polar surface area (TPSA) is 138 Å². The molecule has 4 rings (SSSR count). The van der Waals surface area contributed by atoms with E-state index in [-0.39, 0.29) is 42.5 Å². The molecule has 194 valence electrons. The molecule has 3 fully saturated rings. The molecule has 6 N–H and O–H groups in total. The summed E-state index contributed by atoms with van der Waals surface area (Å²) in [7, 11) is 0. The molecule has 0 unspecified atom stereocenters. The van der Waals surface area contributed by atoms with Crippen molar-refractivity contribution in [2.24, 2.45) is 34.5 Å². The first-order valence-corrected chi connectivity index (χ1v) is 13.1. The molecular formula is C27H44O7. The molecule has 0 spiro atoms. The summed E-state index contributed by atoms with van der Waals surface area (Å²) in [6.07, 6.45) is 2.65. The third-order valence-corrected chi connectivity index (χ3v) is 10.7. The maximum atomic E-state index is 13.3. The van der Waals surface area contributed by atoms with Crippen molar-refractivity contribution in [3.8, 4) is 0 Å². The van der Waals surface area contributed by atoms with E-state index in [1.54, 1.807) is 13.0 Å². The van der Waals surface area contributed by atoms with Crippen molar-refractivity contribution in [1.29, 1.82) is 0 Å². The summed E-state index contributed by atoms with van der Waals surface area (Å²) >= 11 is 0. The average molecular weight is 481 g/mol.